The summed E-state index contributed by atoms with van der Waals surface area (Å²) in [7, 11) is 1.74. The van der Waals surface area contributed by atoms with E-state index in [1.807, 2.05) is 0 Å². The topological polar surface area (TPSA) is 85.0 Å². The Morgan fingerprint density at radius 3 is 2.71 bits per heavy atom. The number of rotatable bonds is 1. The zero-order chi connectivity index (χ0) is 10.7. The van der Waals surface area contributed by atoms with Crippen molar-refractivity contribution in [2.45, 2.75) is 6.92 Å². The third kappa shape index (κ3) is 2.43. The van der Waals surface area contributed by atoms with Gasteiger partial charge >= 0.3 is 0 Å². The fourth-order valence-corrected chi connectivity index (χ4v) is 1.06. The van der Waals surface area contributed by atoms with Crippen LogP contribution >= 0.6 is 12.2 Å². The number of amides is 1. The highest BCUT2D eigenvalue weighted by atomic mass is 32.1. The quantitative estimate of drug-likeness (QED) is 0.420. The first-order valence-corrected chi connectivity index (χ1v) is 4.27. The molecular formula is C7H11N5OS. The van der Waals surface area contributed by atoms with Crippen LogP contribution in [0.15, 0.2) is 6.20 Å². The molecule has 0 atom stereocenters. The minimum Gasteiger partial charge on any atom is -0.375 e. The van der Waals surface area contributed by atoms with Crippen LogP contribution in [0.4, 0.5) is 0 Å². The Hall–Kier alpha value is -1.63. The Bertz CT molecular complexity index is 372. The highest BCUT2D eigenvalue weighted by Crippen LogP contribution is 2.03. The SMILES string of the molecule is Cc1nn(C)cc1C(=O)NNC(N)=S. The van der Waals surface area contributed by atoms with Crippen molar-refractivity contribution in [3.8, 4) is 0 Å². The molecule has 1 aromatic rings. The van der Waals surface area contributed by atoms with Gasteiger partial charge in [0.15, 0.2) is 5.11 Å². The molecule has 6 nitrogen and oxygen atoms in total. The summed E-state index contributed by atoms with van der Waals surface area (Å²) in [6.45, 7) is 1.75. The lowest BCUT2D eigenvalue weighted by atomic mass is 10.2. The van der Waals surface area contributed by atoms with Gasteiger partial charge in [0.1, 0.15) is 0 Å². The minimum absolute atomic E-state index is 0.0138. The molecule has 0 aliphatic rings. The van der Waals surface area contributed by atoms with E-state index in [-0.39, 0.29) is 11.0 Å². The number of nitrogens with zero attached hydrogens (tertiary/aromatic N) is 2. The maximum Gasteiger partial charge on any atom is 0.273 e. The maximum absolute atomic E-state index is 11.4. The van der Waals surface area contributed by atoms with E-state index < -0.39 is 0 Å². The lowest BCUT2D eigenvalue weighted by Crippen LogP contribution is -2.44. The summed E-state index contributed by atoms with van der Waals surface area (Å²) in [5.74, 6) is -0.316. The first-order chi connectivity index (χ1) is 6.50. The van der Waals surface area contributed by atoms with Crippen LogP contribution < -0.4 is 16.6 Å². The van der Waals surface area contributed by atoms with E-state index in [0.717, 1.165) is 0 Å². The Balaban J connectivity index is 2.69. The number of hydrogen-bond acceptors (Lipinski definition) is 3. The lowest BCUT2D eigenvalue weighted by molar-refractivity contribution is 0.0943. The Morgan fingerprint density at radius 1 is 1.64 bits per heavy atom. The summed E-state index contributed by atoms with van der Waals surface area (Å²) in [4.78, 5) is 11.4. The number of nitrogens with two attached hydrogens (primary N) is 1. The van der Waals surface area contributed by atoms with Crippen LogP contribution in [0.1, 0.15) is 16.1 Å². The van der Waals surface area contributed by atoms with E-state index in [1.54, 1.807) is 24.9 Å². The third-order valence-corrected chi connectivity index (χ3v) is 1.66. The van der Waals surface area contributed by atoms with E-state index in [4.69, 9.17) is 5.73 Å². The monoisotopic (exact) mass is 213 g/mol. The molecule has 0 unspecified atom stereocenters. The first kappa shape index (κ1) is 10.5. The number of nitrogens with one attached hydrogen (secondary N) is 2. The minimum atomic E-state index is -0.316. The van der Waals surface area contributed by atoms with E-state index in [9.17, 15) is 4.79 Å². The van der Waals surface area contributed by atoms with Gasteiger partial charge in [0.25, 0.3) is 5.91 Å². The van der Waals surface area contributed by atoms with E-state index >= 15 is 0 Å². The summed E-state index contributed by atoms with van der Waals surface area (Å²) in [6, 6.07) is 0. The lowest BCUT2D eigenvalue weighted by Gasteiger charge is -2.04. The van der Waals surface area contributed by atoms with Crippen LogP contribution in [0.2, 0.25) is 0 Å². The van der Waals surface area contributed by atoms with Crippen molar-refractivity contribution in [2.75, 3.05) is 0 Å². The van der Waals surface area contributed by atoms with Gasteiger partial charge in [-0.05, 0) is 19.1 Å². The molecule has 0 aromatic carbocycles. The molecule has 0 spiro atoms. The molecule has 1 amide bonds. The van der Waals surface area contributed by atoms with Crippen molar-refractivity contribution in [1.29, 1.82) is 0 Å². The van der Waals surface area contributed by atoms with Crippen molar-refractivity contribution in [1.82, 2.24) is 20.6 Å². The maximum atomic E-state index is 11.4. The Morgan fingerprint density at radius 2 is 2.29 bits per heavy atom. The molecule has 0 saturated carbocycles. The standard InChI is InChI=1S/C7H11N5OS/c1-4-5(3-12(2)11-4)6(13)9-10-7(8)14/h3H,1-2H3,(H,9,13)(H3,8,10,14). The zero-order valence-corrected chi connectivity index (χ0v) is 8.68. The van der Waals surface area contributed by atoms with Gasteiger partial charge in [-0.3, -0.25) is 20.3 Å². The third-order valence-electron chi connectivity index (χ3n) is 1.56. The van der Waals surface area contributed by atoms with Crippen molar-refractivity contribution in [3.05, 3.63) is 17.5 Å². The average Bonchev–Trinajstić information content (AvgIpc) is 2.41. The van der Waals surface area contributed by atoms with Crippen molar-refractivity contribution < 1.29 is 4.79 Å². The smallest absolute Gasteiger partial charge is 0.273 e. The van der Waals surface area contributed by atoms with Gasteiger partial charge in [0.05, 0.1) is 11.3 Å². The number of hydrazine groups is 1. The van der Waals surface area contributed by atoms with E-state index in [2.05, 4.69) is 28.2 Å². The largest absolute Gasteiger partial charge is 0.375 e. The predicted octanol–water partition coefficient (Wildman–Crippen LogP) is -0.793. The molecule has 1 heterocycles. The zero-order valence-electron chi connectivity index (χ0n) is 7.87. The predicted molar refractivity (Wildman–Crippen MR) is 55.3 cm³/mol. The van der Waals surface area contributed by atoms with Gasteiger partial charge in [-0.15, -0.1) is 0 Å². The van der Waals surface area contributed by atoms with Gasteiger partial charge in [0, 0.05) is 13.2 Å². The van der Waals surface area contributed by atoms with Crippen LogP contribution in [0, 0.1) is 6.92 Å². The second-order valence-electron chi connectivity index (χ2n) is 2.75. The van der Waals surface area contributed by atoms with Crippen LogP contribution in [0.3, 0.4) is 0 Å². The second-order valence-corrected chi connectivity index (χ2v) is 3.19. The van der Waals surface area contributed by atoms with Crippen LogP contribution in [-0.4, -0.2) is 20.8 Å². The van der Waals surface area contributed by atoms with E-state index in [1.165, 1.54) is 0 Å². The molecule has 1 aromatic heterocycles. The normalized spacial score (nSPS) is 9.57. The number of aryl methyl sites for hydroxylation is 2. The van der Waals surface area contributed by atoms with Gasteiger partial charge in [0.2, 0.25) is 0 Å². The number of carbonyl (C=O) groups excluding carboxylic acids is 1. The fourth-order valence-electron chi connectivity index (χ4n) is 1.01. The highest BCUT2D eigenvalue weighted by Gasteiger charge is 2.11. The number of carbonyl (C=O) groups is 1. The molecule has 1 rings (SSSR count). The van der Waals surface area contributed by atoms with Crippen LogP contribution in [0.5, 0.6) is 0 Å². The number of hydrogen-bond donors (Lipinski definition) is 3. The van der Waals surface area contributed by atoms with Crippen LogP contribution in [0.25, 0.3) is 0 Å². The van der Waals surface area contributed by atoms with Crippen molar-refractivity contribution in [3.63, 3.8) is 0 Å². The van der Waals surface area contributed by atoms with Crippen molar-refractivity contribution >= 4 is 23.2 Å². The first-order valence-electron chi connectivity index (χ1n) is 3.86. The number of thiocarbonyl (C=S) groups is 1. The van der Waals surface area contributed by atoms with E-state index in [0.29, 0.717) is 11.3 Å². The molecule has 7 heteroatoms. The Labute approximate surface area is 86.4 Å². The summed E-state index contributed by atoms with van der Waals surface area (Å²) in [6.07, 6.45) is 1.62. The molecular weight excluding hydrogens is 202 g/mol. The molecule has 0 bridgehead atoms. The highest BCUT2D eigenvalue weighted by molar-refractivity contribution is 7.80. The van der Waals surface area contributed by atoms with Crippen molar-refractivity contribution in [2.24, 2.45) is 12.8 Å². The number of aromatic nitrogens is 2. The van der Waals surface area contributed by atoms with Gasteiger partial charge in [-0.2, -0.15) is 5.10 Å². The molecule has 0 fully saturated rings. The fraction of sp³-hybridized carbons (Fsp3) is 0.286. The Kier molecular flexibility index (Phi) is 3.03. The molecule has 0 radical (unpaired) electrons. The second kappa shape index (κ2) is 4.05. The molecule has 0 aliphatic heterocycles. The van der Waals surface area contributed by atoms with Gasteiger partial charge in [-0.25, -0.2) is 0 Å². The summed E-state index contributed by atoms with van der Waals surface area (Å²) in [5.41, 5.74) is 11.0. The average molecular weight is 213 g/mol. The van der Waals surface area contributed by atoms with Gasteiger partial charge < -0.3 is 5.73 Å². The summed E-state index contributed by atoms with van der Waals surface area (Å²) >= 11 is 4.53. The molecule has 14 heavy (non-hydrogen) atoms. The molecule has 0 saturated heterocycles. The summed E-state index contributed by atoms with van der Waals surface area (Å²) in [5, 5.41) is 4.04. The molecule has 4 N–H and O–H groups in total. The van der Waals surface area contributed by atoms with Crippen LogP contribution in [-0.2, 0) is 7.05 Å². The molecule has 0 aliphatic carbocycles. The molecule has 76 valence electrons. The van der Waals surface area contributed by atoms with Gasteiger partial charge in [-0.1, -0.05) is 0 Å². The summed E-state index contributed by atoms with van der Waals surface area (Å²) < 4.78 is 1.56.